The van der Waals surface area contributed by atoms with Crippen molar-refractivity contribution in [2.45, 2.75) is 19.9 Å². The molecule has 2 heterocycles. The number of aliphatic hydroxyl groups is 1. The molecule has 3 aromatic rings. The van der Waals surface area contributed by atoms with E-state index < -0.39 is 17.7 Å². The summed E-state index contributed by atoms with van der Waals surface area (Å²) in [4.78, 5) is 39.0. The van der Waals surface area contributed by atoms with Crippen molar-refractivity contribution in [3.05, 3.63) is 83.8 Å². The normalized spacial score (nSPS) is 17.3. The Hall–Kier alpha value is -4.33. The van der Waals surface area contributed by atoms with E-state index >= 15 is 0 Å². The number of nitrogens with zero attached hydrogens (tertiary/aromatic N) is 1. The molecular formula is C25H22N2O6. The van der Waals surface area contributed by atoms with Gasteiger partial charge in [-0.3, -0.25) is 19.3 Å². The molecule has 2 N–H and O–H groups in total. The molecule has 0 spiro atoms. The first-order valence-corrected chi connectivity index (χ1v) is 10.4. The SMILES string of the molecule is CCOc1cccc(/C(O)=C2/C(=O)C(=O)N(c3cccc(NC(C)=O)c3)C2c2ccco2)c1. The highest BCUT2D eigenvalue weighted by Gasteiger charge is 2.48. The molecule has 33 heavy (non-hydrogen) atoms. The molecule has 1 aliphatic heterocycles. The molecule has 8 nitrogen and oxygen atoms in total. The third kappa shape index (κ3) is 4.23. The first-order chi connectivity index (χ1) is 15.9. The van der Waals surface area contributed by atoms with Crippen LogP contribution in [-0.2, 0) is 14.4 Å². The molecule has 0 bridgehead atoms. The van der Waals surface area contributed by atoms with Crippen LogP contribution in [0.25, 0.3) is 5.76 Å². The van der Waals surface area contributed by atoms with Crippen LogP contribution in [0, 0.1) is 0 Å². The van der Waals surface area contributed by atoms with E-state index in [4.69, 9.17) is 9.15 Å². The summed E-state index contributed by atoms with van der Waals surface area (Å²) in [5.74, 6) is -1.45. The number of furan rings is 1. The summed E-state index contributed by atoms with van der Waals surface area (Å²) in [6, 6.07) is 15.5. The first kappa shape index (κ1) is 21.9. The molecule has 8 heteroatoms. The minimum Gasteiger partial charge on any atom is -0.507 e. The van der Waals surface area contributed by atoms with Crippen molar-refractivity contribution < 1.29 is 28.6 Å². The van der Waals surface area contributed by atoms with Gasteiger partial charge in [-0.15, -0.1) is 0 Å². The maximum atomic E-state index is 13.1. The van der Waals surface area contributed by atoms with Gasteiger partial charge >= 0.3 is 0 Å². The van der Waals surface area contributed by atoms with Crippen LogP contribution in [0.1, 0.15) is 31.2 Å². The lowest BCUT2D eigenvalue weighted by molar-refractivity contribution is -0.132. The summed E-state index contributed by atoms with van der Waals surface area (Å²) in [6.45, 7) is 3.65. The second-order valence-corrected chi connectivity index (χ2v) is 7.38. The lowest BCUT2D eigenvalue weighted by Crippen LogP contribution is -2.29. The van der Waals surface area contributed by atoms with Gasteiger partial charge in [0.1, 0.15) is 23.3 Å². The maximum Gasteiger partial charge on any atom is 0.300 e. The largest absolute Gasteiger partial charge is 0.507 e. The van der Waals surface area contributed by atoms with Gasteiger partial charge in [0.25, 0.3) is 11.7 Å². The van der Waals surface area contributed by atoms with Crippen molar-refractivity contribution in [1.82, 2.24) is 0 Å². The summed E-state index contributed by atoms with van der Waals surface area (Å²) < 4.78 is 11.0. The van der Waals surface area contributed by atoms with Crippen molar-refractivity contribution in [2.75, 3.05) is 16.8 Å². The number of nitrogens with one attached hydrogen (secondary N) is 1. The number of hydrogen-bond donors (Lipinski definition) is 2. The second-order valence-electron chi connectivity index (χ2n) is 7.38. The Bertz CT molecular complexity index is 1250. The summed E-state index contributed by atoms with van der Waals surface area (Å²) in [5, 5.41) is 13.8. The highest BCUT2D eigenvalue weighted by Crippen LogP contribution is 2.43. The lowest BCUT2D eigenvalue weighted by Gasteiger charge is -2.24. The average Bonchev–Trinajstić information content (AvgIpc) is 3.40. The van der Waals surface area contributed by atoms with Gasteiger partial charge in [-0.2, -0.15) is 0 Å². The van der Waals surface area contributed by atoms with Gasteiger partial charge in [-0.25, -0.2) is 0 Å². The van der Waals surface area contributed by atoms with Crippen LogP contribution in [0.4, 0.5) is 11.4 Å². The second kappa shape index (κ2) is 9.04. The summed E-state index contributed by atoms with van der Waals surface area (Å²) in [5.41, 5.74) is 1.06. The van der Waals surface area contributed by atoms with Crippen LogP contribution in [0.3, 0.4) is 0 Å². The maximum absolute atomic E-state index is 13.1. The molecule has 2 aromatic carbocycles. The van der Waals surface area contributed by atoms with Crippen LogP contribution in [0.5, 0.6) is 5.75 Å². The zero-order valence-electron chi connectivity index (χ0n) is 18.1. The fraction of sp³-hybridized carbons (Fsp3) is 0.160. The van der Waals surface area contributed by atoms with Crippen LogP contribution in [0.15, 0.2) is 76.9 Å². The average molecular weight is 446 g/mol. The molecule has 1 aliphatic rings. The number of carbonyl (C=O) groups excluding carboxylic acids is 3. The topological polar surface area (TPSA) is 109 Å². The number of carbonyl (C=O) groups is 3. The third-order valence-electron chi connectivity index (χ3n) is 5.12. The molecular weight excluding hydrogens is 424 g/mol. The zero-order chi connectivity index (χ0) is 23.5. The molecule has 0 saturated carbocycles. The quantitative estimate of drug-likeness (QED) is 0.333. The molecule has 1 fully saturated rings. The fourth-order valence-corrected chi connectivity index (χ4v) is 3.81. The number of ketones is 1. The van der Waals surface area contributed by atoms with Crippen LogP contribution in [0.2, 0.25) is 0 Å². The Morgan fingerprint density at radius 3 is 2.61 bits per heavy atom. The molecule has 4 rings (SSSR count). The molecule has 1 saturated heterocycles. The van der Waals surface area contributed by atoms with Gasteiger partial charge in [0.15, 0.2) is 0 Å². The van der Waals surface area contributed by atoms with Crippen LogP contribution < -0.4 is 15.0 Å². The van der Waals surface area contributed by atoms with Gasteiger partial charge < -0.3 is 19.6 Å². The number of Topliss-reactive ketones (excluding diaryl/α,β-unsaturated/α-hetero) is 1. The highest BCUT2D eigenvalue weighted by molar-refractivity contribution is 6.51. The number of amides is 2. The first-order valence-electron chi connectivity index (χ1n) is 10.4. The van der Waals surface area contributed by atoms with Gasteiger partial charge in [0.05, 0.1) is 18.4 Å². The van der Waals surface area contributed by atoms with Crippen molar-refractivity contribution in [2.24, 2.45) is 0 Å². The highest BCUT2D eigenvalue weighted by atomic mass is 16.5. The number of anilines is 2. The summed E-state index contributed by atoms with van der Waals surface area (Å²) in [6.07, 6.45) is 1.43. The monoisotopic (exact) mass is 446 g/mol. The molecule has 1 atom stereocenters. The number of benzene rings is 2. The van der Waals surface area contributed by atoms with Gasteiger partial charge in [0, 0.05) is 23.9 Å². The van der Waals surface area contributed by atoms with E-state index in [0.29, 0.717) is 35.1 Å². The van der Waals surface area contributed by atoms with Crippen molar-refractivity contribution >= 4 is 34.7 Å². The van der Waals surface area contributed by atoms with E-state index in [9.17, 15) is 19.5 Å². The van der Waals surface area contributed by atoms with E-state index in [0.717, 1.165) is 0 Å². The van der Waals surface area contributed by atoms with E-state index in [1.165, 1.54) is 18.1 Å². The van der Waals surface area contributed by atoms with Gasteiger partial charge in [-0.05, 0) is 49.4 Å². The lowest BCUT2D eigenvalue weighted by atomic mass is 9.99. The Morgan fingerprint density at radius 1 is 1.12 bits per heavy atom. The molecule has 1 aromatic heterocycles. The third-order valence-corrected chi connectivity index (χ3v) is 5.12. The molecule has 2 amide bonds. The smallest absolute Gasteiger partial charge is 0.300 e. The van der Waals surface area contributed by atoms with E-state index in [-0.39, 0.29) is 17.2 Å². The minimum absolute atomic E-state index is 0.103. The Kier molecular flexibility index (Phi) is 5.99. The molecule has 0 aliphatic carbocycles. The summed E-state index contributed by atoms with van der Waals surface area (Å²) >= 11 is 0. The predicted molar refractivity (Wildman–Crippen MR) is 122 cm³/mol. The molecule has 1 unspecified atom stereocenters. The van der Waals surface area contributed by atoms with Crippen LogP contribution >= 0.6 is 0 Å². The standard InChI is InChI=1S/C25H22N2O6/c1-3-32-19-10-4-7-16(13-19)23(29)21-22(20-11-6-12-33-20)27(25(31)24(21)30)18-9-5-8-17(14-18)26-15(2)28/h4-14,22,29H,3H2,1-2H3,(H,26,28)/b23-21-. The van der Waals surface area contributed by atoms with E-state index in [1.54, 1.807) is 60.7 Å². The van der Waals surface area contributed by atoms with Gasteiger partial charge in [-0.1, -0.05) is 18.2 Å². The Morgan fingerprint density at radius 2 is 1.91 bits per heavy atom. The van der Waals surface area contributed by atoms with Crippen molar-refractivity contribution in [1.29, 1.82) is 0 Å². The Balaban J connectivity index is 1.86. The number of aliphatic hydroxyl groups excluding tert-OH is 1. The fourth-order valence-electron chi connectivity index (χ4n) is 3.81. The predicted octanol–water partition coefficient (Wildman–Crippen LogP) is 4.26. The number of ether oxygens (including phenoxy) is 1. The van der Waals surface area contributed by atoms with Gasteiger partial charge in [0.2, 0.25) is 5.91 Å². The van der Waals surface area contributed by atoms with Crippen LogP contribution in [-0.4, -0.2) is 29.3 Å². The molecule has 168 valence electrons. The van der Waals surface area contributed by atoms with E-state index in [1.807, 2.05) is 6.92 Å². The zero-order valence-corrected chi connectivity index (χ0v) is 18.1. The summed E-state index contributed by atoms with van der Waals surface area (Å²) in [7, 11) is 0. The number of rotatable bonds is 6. The molecule has 0 radical (unpaired) electrons. The Labute approximate surface area is 190 Å². The minimum atomic E-state index is -0.997. The number of hydrogen-bond acceptors (Lipinski definition) is 6. The van der Waals surface area contributed by atoms with E-state index in [2.05, 4.69) is 5.32 Å². The van der Waals surface area contributed by atoms with Crippen molar-refractivity contribution in [3.8, 4) is 5.75 Å². The van der Waals surface area contributed by atoms with Crippen molar-refractivity contribution in [3.63, 3.8) is 0 Å².